The number of rotatable bonds is 5. The van der Waals surface area contributed by atoms with Crippen LogP contribution in [0.2, 0.25) is 5.15 Å². The van der Waals surface area contributed by atoms with Gasteiger partial charge in [0.15, 0.2) is 10.3 Å². The van der Waals surface area contributed by atoms with Gasteiger partial charge >= 0.3 is 0 Å². The minimum atomic E-state index is -0.326. The Kier molecular flexibility index (Phi) is 4.82. The smallest absolute Gasteiger partial charge is 0.274 e. The number of hydrazone groups is 1. The number of aromatic nitrogens is 4. The molecule has 0 aliphatic heterocycles. The highest BCUT2D eigenvalue weighted by molar-refractivity contribution is 7.17. The Morgan fingerprint density at radius 1 is 1.29 bits per heavy atom. The van der Waals surface area contributed by atoms with E-state index < -0.39 is 0 Å². The zero-order chi connectivity index (χ0) is 16.9. The van der Waals surface area contributed by atoms with Gasteiger partial charge in [0.25, 0.3) is 5.56 Å². The summed E-state index contributed by atoms with van der Waals surface area (Å²) >= 11 is 7.44. The average molecular weight is 362 g/mol. The highest BCUT2D eigenvalue weighted by atomic mass is 35.5. The summed E-state index contributed by atoms with van der Waals surface area (Å²) in [5.41, 5.74) is 3.46. The molecule has 2 aromatic heterocycles. The van der Waals surface area contributed by atoms with Crippen LogP contribution in [0, 0.1) is 6.92 Å². The topological polar surface area (TPSA) is 108 Å². The fourth-order valence-electron chi connectivity index (χ4n) is 1.69. The molecule has 1 aromatic carbocycles. The predicted octanol–water partition coefficient (Wildman–Crippen LogP) is 2.77. The van der Waals surface area contributed by atoms with Gasteiger partial charge in [-0.3, -0.25) is 9.78 Å². The van der Waals surface area contributed by atoms with Gasteiger partial charge in [-0.15, -0.1) is 10.2 Å². The molecule has 3 aromatic rings. The first-order chi connectivity index (χ1) is 11.6. The van der Waals surface area contributed by atoms with Gasteiger partial charge in [0.1, 0.15) is 5.69 Å². The Labute approximate surface area is 145 Å². The number of halogens is 1. The van der Waals surface area contributed by atoms with E-state index >= 15 is 0 Å². The van der Waals surface area contributed by atoms with Gasteiger partial charge in [-0.1, -0.05) is 41.1 Å². The minimum absolute atomic E-state index is 0.144. The Bertz CT molecular complexity index is 922. The standard InChI is InChI=1S/C14H12ClN7OS/c1-8-12(23)19-13(22-20-8)21-16-7-10-11(15)18-14(24-10)17-9-5-3-2-4-6-9/h2-7H,1H3,(H,17,18)(H2,19,21,22,23). The van der Waals surface area contributed by atoms with Crippen LogP contribution in [-0.2, 0) is 0 Å². The summed E-state index contributed by atoms with van der Waals surface area (Å²) < 4.78 is 0. The van der Waals surface area contributed by atoms with Crippen molar-refractivity contribution in [3.05, 3.63) is 56.4 Å². The van der Waals surface area contributed by atoms with Crippen molar-refractivity contribution in [3.8, 4) is 0 Å². The number of aryl methyl sites for hydroxylation is 1. The summed E-state index contributed by atoms with van der Waals surface area (Å²) in [7, 11) is 0. The zero-order valence-electron chi connectivity index (χ0n) is 12.4. The number of H-pyrrole nitrogens is 1. The van der Waals surface area contributed by atoms with Crippen molar-refractivity contribution in [2.24, 2.45) is 5.10 Å². The lowest BCUT2D eigenvalue weighted by molar-refractivity contribution is 0.897. The molecule has 2 heterocycles. The number of aromatic amines is 1. The lowest BCUT2D eigenvalue weighted by Crippen LogP contribution is -2.15. The Morgan fingerprint density at radius 3 is 2.83 bits per heavy atom. The SMILES string of the molecule is Cc1nnc(NN=Cc2sc(Nc3ccccc3)nc2Cl)[nH]c1=O. The molecule has 0 unspecified atom stereocenters. The van der Waals surface area contributed by atoms with E-state index in [1.807, 2.05) is 30.3 Å². The second kappa shape index (κ2) is 7.20. The van der Waals surface area contributed by atoms with E-state index in [0.29, 0.717) is 15.2 Å². The van der Waals surface area contributed by atoms with E-state index in [-0.39, 0.29) is 17.2 Å². The summed E-state index contributed by atoms with van der Waals surface area (Å²) in [6, 6.07) is 9.64. The molecule has 8 nitrogen and oxygen atoms in total. The van der Waals surface area contributed by atoms with Gasteiger partial charge in [0, 0.05) is 5.69 Å². The third kappa shape index (κ3) is 3.94. The number of nitrogens with zero attached hydrogens (tertiary/aromatic N) is 4. The maximum Gasteiger partial charge on any atom is 0.274 e. The van der Waals surface area contributed by atoms with Gasteiger partial charge < -0.3 is 5.32 Å². The van der Waals surface area contributed by atoms with E-state index in [9.17, 15) is 4.79 Å². The van der Waals surface area contributed by atoms with Crippen LogP contribution < -0.4 is 16.3 Å². The van der Waals surface area contributed by atoms with E-state index in [1.54, 1.807) is 6.92 Å². The molecule has 0 aliphatic rings. The van der Waals surface area contributed by atoms with Crippen LogP contribution in [-0.4, -0.2) is 26.4 Å². The number of para-hydroxylation sites is 1. The summed E-state index contributed by atoms with van der Waals surface area (Å²) in [5.74, 6) is 0.144. The van der Waals surface area contributed by atoms with Crippen molar-refractivity contribution in [2.75, 3.05) is 10.7 Å². The highest BCUT2D eigenvalue weighted by Gasteiger charge is 2.07. The van der Waals surface area contributed by atoms with E-state index in [4.69, 9.17) is 11.6 Å². The first-order valence-corrected chi connectivity index (χ1v) is 8.02. The highest BCUT2D eigenvalue weighted by Crippen LogP contribution is 2.27. The van der Waals surface area contributed by atoms with Gasteiger partial charge in [0.05, 0.1) is 11.1 Å². The predicted molar refractivity (Wildman–Crippen MR) is 95.5 cm³/mol. The summed E-state index contributed by atoms with van der Waals surface area (Å²) in [5, 5.41) is 15.6. The molecule has 0 spiro atoms. The fourth-order valence-corrected chi connectivity index (χ4v) is 2.74. The van der Waals surface area contributed by atoms with Crippen LogP contribution in [0.1, 0.15) is 10.6 Å². The quantitative estimate of drug-likeness (QED) is 0.476. The molecule has 0 bridgehead atoms. The van der Waals surface area contributed by atoms with Gasteiger partial charge in [-0.2, -0.15) is 5.10 Å². The number of hydrogen-bond acceptors (Lipinski definition) is 8. The first kappa shape index (κ1) is 16.1. The van der Waals surface area contributed by atoms with E-state index in [1.165, 1.54) is 17.6 Å². The molecule has 10 heteroatoms. The monoisotopic (exact) mass is 361 g/mol. The largest absolute Gasteiger partial charge is 0.331 e. The molecular weight excluding hydrogens is 350 g/mol. The third-order valence-electron chi connectivity index (χ3n) is 2.85. The molecule has 0 saturated heterocycles. The second-order valence-corrected chi connectivity index (χ2v) is 6.01. The molecule has 3 N–H and O–H groups in total. The normalized spacial score (nSPS) is 10.9. The van der Waals surface area contributed by atoms with Crippen LogP contribution in [0.25, 0.3) is 0 Å². The van der Waals surface area contributed by atoms with E-state index in [2.05, 4.69) is 36.0 Å². The Morgan fingerprint density at radius 2 is 2.08 bits per heavy atom. The fraction of sp³-hybridized carbons (Fsp3) is 0.0714. The van der Waals surface area contributed by atoms with Crippen molar-refractivity contribution >= 4 is 45.9 Å². The molecular formula is C14H12ClN7OS. The van der Waals surface area contributed by atoms with Crippen molar-refractivity contribution in [1.29, 1.82) is 0 Å². The van der Waals surface area contributed by atoms with Crippen molar-refractivity contribution in [2.45, 2.75) is 6.92 Å². The second-order valence-electron chi connectivity index (χ2n) is 4.62. The molecule has 0 fully saturated rings. The van der Waals surface area contributed by atoms with E-state index in [0.717, 1.165) is 5.69 Å². The van der Waals surface area contributed by atoms with Gasteiger partial charge in [-0.25, -0.2) is 10.4 Å². The molecule has 0 saturated carbocycles. The van der Waals surface area contributed by atoms with Crippen molar-refractivity contribution < 1.29 is 0 Å². The minimum Gasteiger partial charge on any atom is -0.331 e. The zero-order valence-corrected chi connectivity index (χ0v) is 14.0. The lowest BCUT2D eigenvalue weighted by atomic mass is 10.3. The van der Waals surface area contributed by atoms with Crippen LogP contribution in [0.5, 0.6) is 0 Å². The molecule has 24 heavy (non-hydrogen) atoms. The molecule has 122 valence electrons. The third-order valence-corrected chi connectivity index (χ3v) is 4.15. The van der Waals surface area contributed by atoms with Crippen LogP contribution in [0.15, 0.2) is 40.2 Å². The van der Waals surface area contributed by atoms with Crippen LogP contribution >= 0.6 is 22.9 Å². The number of benzene rings is 1. The summed E-state index contributed by atoms with van der Waals surface area (Å²) in [6.45, 7) is 1.57. The van der Waals surface area contributed by atoms with Crippen LogP contribution in [0.3, 0.4) is 0 Å². The molecule has 0 radical (unpaired) electrons. The Balaban J connectivity index is 1.68. The molecule has 0 aliphatic carbocycles. The first-order valence-electron chi connectivity index (χ1n) is 6.83. The number of nitrogens with one attached hydrogen (secondary N) is 3. The van der Waals surface area contributed by atoms with Crippen molar-refractivity contribution in [3.63, 3.8) is 0 Å². The average Bonchev–Trinajstić information content (AvgIpc) is 2.91. The Hall–Kier alpha value is -2.78. The molecule has 3 rings (SSSR count). The molecule has 0 amide bonds. The lowest BCUT2D eigenvalue weighted by Gasteiger charge is -2.00. The summed E-state index contributed by atoms with van der Waals surface area (Å²) in [4.78, 5) is 18.8. The maximum absolute atomic E-state index is 11.4. The van der Waals surface area contributed by atoms with Gasteiger partial charge in [0.2, 0.25) is 5.95 Å². The molecule has 0 atom stereocenters. The van der Waals surface area contributed by atoms with Crippen molar-refractivity contribution in [1.82, 2.24) is 20.2 Å². The summed E-state index contributed by atoms with van der Waals surface area (Å²) in [6.07, 6.45) is 1.50. The van der Waals surface area contributed by atoms with Crippen LogP contribution in [0.4, 0.5) is 16.8 Å². The maximum atomic E-state index is 11.4. The number of thiazole rings is 1. The number of anilines is 3. The number of hydrogen-bond donors (Lipinski definition) is 3. The van der Waals surface area contributed by atoms with Gasteiger partial charge in [-0.05, 0) is 19.1 Å².